The van der Waals surface area contributed by atoms with Gasteiger partial charge in [0.25, 0.3) is 0 Å². The predicted octanol–water partition coefficient (Wildman–Crippen LogP) is 9.22. The van der Waals surface area contributed by atoms with Crippen LogP contribution in [-0.2, 0) is 0 Å². The molecule has 0 N–H and O–H groups in total. The summed E-state index contributed by atoms with van der Waals surface area (Å²) >= 11 is 3.08. The average molecular weight is 601 g/mol. The van der Waals surface area contributed by atoms with Gasteiger partial charge in [-0.15, -0.1) is 0 Å². The van der Waals surface area contributed by atoms with Crippen LogP contribution in [0.2, 0.25) is 0 Å². The minimum atomic E-state index is -2.87. The molecule has 3 aromatic carbocycles. The van der Waals surface area contributed by atoms with Crippen molar-refractivity contribution in [1.29, 1.82) is 0 Å². The first-order valence-corrected chi connectivity index (χ1v) is 18.5. The summed E-state index contributed by atoms with van der Waals surface area (Å²) < 4.78 is -2.87. The summed E-state index contributed by atoms with van der Waals surface area (Å²) in [6.07, 6.45) is 6.38. The second-order valence-corrected chi connectivity index (χ2v) is 21.8. The summed E-state index contributed by atoms with van der Waals surface area (Å²) in [5, 5.41) is 4.89. The van der Waals surface area contributed by atoms with Gasteiger partial charge < -0.3 is 0 Å². The van der Waals surface area contributed by atoms with Crippen molar-refractivity contribution >= 4 is 42.2 Å². The van der Waals surface area contributed by atoms with Crippen LogP contribution in [0.25, 0.3) is 0 Å². The molecule has 0 aliphatic carbocycles. The molecule has 0 amide bonds. The Balaban J connectivity index is 2.65. The summed E-state index contributed by atoms with van der Waals surface area (Å²) in [5.41, 5.74) is 12.9. The third-order valence-corrected chi connectivity index (χ3v) is 19.6. The molecule has 0 saturated carbocycles. The zero-order valence-corrected chi connectivity index (χ0v) is 26.9. The van der Waals surface area contributed by atoms with E-state index in [2.05, 4.69) is 128 Å². The van der Waals surface area contributed by atoms with Gasteiger partial charge in [0.05, 0.1) is 0 Å². The van der Waals surface area contributed by atoms with Crippen molar-refractivity contribution < 1.29 is 0 Å². The van der Waals surface area contributed by atoms with Crippen molar-refractivity contribution in [2.45, 2.75) is 94.9 Å². The molecular formula is C33H46IP. The fourth-order valence-electron chi connectivity index (χ4n) is 7.23. The van der Waals surface area contributed by atoms with E-state index in [0.29, 0.717) is 0 Å². The van der Waals surface area contributed by atoms with Crippen LogP contribution < -0.4 is 15.9 Å². The van der Waals surface area contributed by atoms with E-state index in [-0.39, 0.29) is 0 Å². The van der Waals surface area contributed by atoms with Gasteiger partial charge in [-0.2, -0.15) is 0 Å². The topological polar surface area (TPSA) is 0 Å². The van der Waals surface area contributed by atoms with Crippen molar-refractivity contribution in [1.82, 2.24) is 0 Å². The third-order valence-electron chi connectivity index (χ3n) is 7.74. The van der Waals surface area contributed by atoms with Gasteiger partial charge in [0.15, 0.2) is 0 Å². The van der Waals surface area contributed by atoms with Crippen LogP contribution in [-0.4, -0.2) is 6.16 Å². The Morgan fingerprint density at radius 2 is 0.771 bits per heavy atom. The number of aryl methyl sites for hydroxylation is 9. The van der Waals surface area contributed by atoms with Crippen LogP contribution in [0.5, 0.6) is 0 Å². The number of hydrogen-bond acceptors (Lipinski definition) is 0. The van der Waals surface area contributed by atoms with E-state index in [1.54, 1.807) is 15.9 Å². The molecule has 35 heavy (non-hydrogen) atoms. The van der Waals surface area contributed by atoms with Crippen LogP contribution >= 0.6 is 26.3 Å². The van der Waals surface area contributed by atoms with Crippen LogP contribution in [0.15, 0.2) is 36.4 Å². The number of hydrogen-bond donors (Lipinski definition) is 0. The first kappa shape index (κ1) is 28.4. The summed E-state index contributed by atoms with van der Waals surface area (Å²) in [6, 6.07) is 14.6. The number of unbranched alkanes of at least 4 members (excludes halogenated alkanes) is 3. The van der Waals surface area contributed by atoms with Gasteiger partial charge >= 0.3 is 230 Å². The van der Waals surface area contributed by atoms with Gasteiger partial charge in [0, 0.05) is 0 Å². The maximum atomic E-state index is 3.08. The molecule has 0 aromatic heterocycles. The summed E-state index contributed by atoms with van der Waals surface area (Å²) in [4.78, 5) is 0. The fraction of sp³-hybridized carbons (Fsp3) is 0.455. The Morgan fingerprint density at radius 3 is 1.03 bits per heavy atom. The Hall–Kier alpha value is -1.18. The molecule has 0 atom stereocenters. The van der Waals surface area contributed by atoms with Crippen LogP contribution in [0.1, 0.15) is 82.7 Å². The van der Waals surface area contributed by atoms with Crippen LogP contribution in [0.3, 0.4) is 0 Å². The molecule has 0 nitrogen and oxygen atoms in total. The maximum absolute atomic E-state index is 3.08. The van der Waals surface area contributed by atoms with E-state index in [0.717, 1.165) is 0 Å². The van der Waals surface area contributed by atoms with Crippen LogP contribution in [0, 0.1) is 62.3 Å². The molecule has 0 aliphatic rings. The van der Waals surface area contributed by atoms with Crippen molar-refractivity contribution in [3.05, 3.63) is 86.5 Å². The summed E-state index contributed by atoms with van der Waals surface area (Å²) in [5.74, 6) is 0. The Labute approximate surface area is 228 Å². The number of rotatable bonds is 8. The number of halogens is 1. The van der Waals surface area contributed by atoms with Gasteiger partial charge in [-0.05, 0) is 0 Å². The molecule has 3 rings (SSSR count). The molecule has 2 heteroatoms. The summed E-state index contributed by atoms with van der Waals surface area (Å²) in [7, 11) is 0. The number of benzene rings is 3. The molecule has 0 saturated heterocycles. The first-order valence-electron chi connectivity index (χ1n) is 13.3. The minimum absolute atomic E-state index is 1.23. The van der Waals surface area contributed by atoms with E-state index in [4.69, 9.17) is 0 Å². The predicted molar refractivity (Wildman–Crippen MR) is 171 cm³/mol. The van der Waals surface area contributed by atoms with Gasteiger partial charge in [0.1, 0.15) is 0 Å². The molecule has 190 valence electrons. The quantitative estimate of drug-likeness (QED) is 0.137. The zero-order chi connectivity index (χ0) is 26.2. The molecule has 0 aliphatic heterocycles. The third kappa shape index (κ3) is 5.02. The van der Waals surface area contributed by atoms with Gasteiger partial charge in [-0.3, -0.25) is 0 Å². The molecule has 0 spiro atoms. The van der Waals surface area contributed by atoms with E-state index in [1.165, 1.54) is 81.9 Å². The Bertz CT molecular complexity index is 1040. The standard InChI is InChI=1S/C33H46IP/c1-11-12-13-14-15-35(34,31-25(5)16-22(2)17-26(31)6,32-27(7)18-23(3)19-28(32)8)33-29(9)20-24(4)21-30(33)10/h16-21H,11-15H2,1-10H3. The Kier molecular flexibility index (Phi) is 8.65. The van der Waals surface area contributed by atoms with Crippen molar-refractivity contribution in [2.75, 3.05) is 6.16 Å². The van der Waals surface area contributed by atoms with E-state index < -0.39 is 4.25 Å². The van der Waals surface area contributed by atoms with E-state index in [1.807, 2.05) is 0 Å². The molecule has 3 aromatic rings. The average Bonchev–Trinajstić information content (AvgIpc) is 2.69. The SMILES string of the molecule is CCCCCCP(I)(c1c(C)cc(C)cc1C)(c1c(C)cc(C)cc1C)c1c(C)cc(C)cc1C. The van der Waals surface area contributed by atoms with E-state index in [9.17, 15) is 0 Å². The van der Waals surface area contributed by atoms with Gasteiger partial charge in [-0.25, -0.2) is 0 Å². The van der Waals surface area contributed by atoms with Crippen molar-refractivity contribution in [3.63, 3.8) is 0 Å². The first-order chi connectivity index (χ1) is 16.3. The molecular weight excluding hydrogens is 554 g/mol. The molecule has 0 fully saturated rings. The van der Waals surface area contributed by atoms with Crippen molar-refractivity contribution in [3.8, 4) is 0 Å². The molecule has 0 heterocycles. The monoisotopic (exact) mass is 600 g/mol. The zero-order valence-electron chi connectivity index (χ0n) is 23.8. The van der Waals surface area contributed by atoms with Crippen LogP contribution in [0.4, 0.5) is 0 Å². The normalized spacial score (nSPS) is 13.1. The molecule has 0 radical (unpaired) electrons. The molecule has 0 unspecified atom stereocenters. The van der Waals surface area contributed by atoms with E-state index >= 15 is 0 Å². The second kappa shape index (κ2) is 10.7. The fourth-order valence-corrected chi connectivity index (χ4v) is 22.1. The molecule has 0 bridgehead atoms. The second-order valence-electron chi connectivity index (χ2n) is 11.2. The Morgan fingerprint density at radius 1 is 0.486 bits per heavy atom. The summed E-state index contributed by atoms with van der Waals surface area (Å²) in [6.45, 7) is 23.3. The van der Waals surface area contributed by atoms with Crippen molar-refractivity contribution in [2.24, 2.45) is 0 Å². The van der Waals surface area contributed by atoms with Gasteiger partial charge in [-0.1, -0.05) is 0 Å². The van der Waals surface area contributed by atoms with Gasteiger partial charge in [0.2, 0.25) is 0 Å².